The standard InChI is InChI=1S/C6H12N2O.BH3O2/c1-5(9)8-4-2-3-6(8)7;2-1-3/h6H,2-4,7H2,1H3;1-3H. The molecular formula is C6H15BN2O3. The lowest BCUT2D eigenvalue weighted by molar-refractivity contribution is -0.129. The van der Waals surface area contributed by atoms with E-state index >= 15 is 0 Å². The molecule has 0 aromatic rings. The number of likely N-dealkylation sites (tertiary alicyclic amines) is 1. The fourth-order valence-electron chi connectivity index (χ4n) is 1.18. The number of carbonyl (C=O) groups is 1. The summed E-state index contributed by atoms with van der Waals surface area (Å²) in [6.07, 6.45) is 2.00. The van der Waals surface area contributed by atoms with Gasteiger partial charge >= 0.3 is 7.69 Å². The van der Waals surface area contributed by atoms with Crippen LogP contribution >= 0.6 is 0 Å². The van der Waals surface area contributed by atoms with Crippen LogP contribution in [0.1, 0.15) is 19.8 Å². The van der Waals surface area contributed by atoms with Crippen LogP contribution in [0, 0.1) is 0 Å². The van der Waals surface area contributed by atoms with Crippen molar-refractivity contribution in [3.05, 3.63) is 0 Å². The maximum absolute atomic E-state index is 10.7. The molecule has 0 aromatic carbocycles. The highest BCUT2D eigenvalue weighted by atomic mass is 16.4. The molecule has 1 aliphatic rings. The Bertz CT molecular complexity index is 145. The van der Waals surface area contributed by atoms with Crippen molar-refractivity contribution in [2.24, 2.45) is 5.73 Å². The van der Waals surface area contributed by atoms with Crippen molar-refractivity contribution in [1.29, 1.82) is 0 Å². The van der Waals surface area contributed by atoms with Crippen molar-refractivity contribution in [1.82, 2.24) is 4.90 Å². The van der Waals surface area contributed by atoms with Crippen molar-refractivity contribution in [2.45, 2.75) is 25.9 Å². The number of nitrogens with zero attached hydrogens (tertiary/aromatic N) is 1. The SMILES string of the molecule is CC(=O)N1CCCC1N.OBO. The summed E-state index contributed by atoms with van der Waals surface area (Å²) >= 11 is 0. The molecule has 0 aliphatic carbocycles. The average molecular weight is 174 g/mol. The van der Waals surface area contributed by atoms with Gasteiger partial charge in [0.25, 0.3) is 0 Å². The van der Waals surface area contributed by atoms with Crippen molar-refractivity contribution in [3.8, 4) is 0 Å². The number of nitrogens with two attached hydrogens (primary N) is 1. The van der Waals surface area contributed by atoms with Crippen LogP contribution in [0.5, 0.6) is 0 Å². The zero-order valence-electron chi connectivity index (χ0n) is 7.23. The Labute approximate surface area is 72.5 Å². The molecule has 12 heavy (non-hydrogen) atoms. The number of carbonyl (C=O) groups excluding carboxylic acids is 1. The maximum atomic E-state index is 10.7. The van der Waals surface area contributed by atoms with Crippen molar-refractivity contribution in [3.63, 3.8) is 0 Å². The van der Waals surface area contributed by atoms with E-state index in [-0.39, 0.29) is 12.1 Å². The fourth-order valence-corrected chi connectivity index (χ4v) is 1.18. The van der Waals surface area contributed by atoms with Crippen LogP contribution in [-0.4, -0.2) is 41.3 Å². The number of amides is 1. The van der Waals surface area contributed by atoms with Crippen molar-refractivity contribution in [2.75, 3.05) is 6.54 Å². The molecule has 1 amide bonds. The maximum Gasteiger partial charge on any atom is 0.432 e. The molecule has 4 N–H and O–H groups in total. The van der Waals surface area contributed by atoms with E-state index in [0.29, 0.717) is 0 Å². The molecule has 6 heteroatoms. The van der Waals surface area contributed by atoms with Gasteiger partial charge in [-0.2, -0.15) is 0 Å². The van der Waals surface area contributed by atoms with Gasteiger partial charge in [-0.3, -0.25) is 4.79 Å². The van der Waals surface area contributed by atoms with E-state index in [1.165, 1.54) is 0 Å². The molecule has 0 saturated carbocycles. The van der Waals surface area contributed by atoms with Gasteiger partial charge in [0.05, 0.1) is 6.17 Å². The highest BCUT2D eigenvalue weighted by Crippen LogP contribution is 2.11. The van der Waals surface area contributed by atoms with E-state index < -0.39 is 7.69 Å². The summed E-state index contributed by atoms with van der Waals surface area (Å²) in [5, 5.41) is 14.2. The van der Waals surface area contributed by atoms with Crippen LogP contribution in [0.25, 0.3) is 0 Å². The first-order valence-electron chi connectivity index (χ1n) is 3.88. The lowest BCUT2D eigenvalue weighted by atomic mass is 10.3. The summed E-state index contributed by atoms with van der Waals surface area (Å²) in [5.41, 5.74) is 5.58. The lowest BCUT2D eigenvalue weighted by Gasteiger charge is -2.18. The number of rotatable bonds is 0. The molecule has 5 nitrogen and oxygen atoms in total. The van der Waals surface area contributed by atoms with E-state index in [1.807, 2.05) is 0 Å². The normalized spacial score (nSPS) is 21.3. The quantitative estimate of drug-likeness (QED) is 0.376. The minimum absolute atomic E-state index is 0.0116. The number of hydrogen-bond acceptors (Lipinski definition) is 4. The van der Waals surface area contributed by atoms with E-state index in [9.17, 15) is 4.79 Å². The highest BCUT2D eigenvalue weighted by Gasteiger charge is 2.21. The van der Waals surface area contributed by atoms with Gasteiger partial charge in [0.1, 0.15) is 0 Å². The van der Waals surface area contributed by atoms with Gasteiger partial charge in [0.2, 0.25) is 5.91 Å². The fraction of sp³-hybridized carbons (Fsp3) is 0.833. The van der Waals surface area contributed by atoms with Crippen LogP contribution < -0.4 is 5.73 Å². The third-order valence-corrected chi connectivity index (χ3v) is 1.70. The molecule has 0 aromatic heterocycles. The smallest absolute Gasteiger partial charge is 0.430 e. The Morgan fingerprint density at radius 1 is 1.67 bits per heavy atom. The predicted molar refractivity (Wildman–Crippen MR) is 46.2 cm³/mol. The van der Waals surface area contributed by atoms with Gasteiger partial charge in [-0.25, -0.2) is 0 Å². The summed E-state index contributed by atoms with van der Waals surface area (Å²) in [7, 11) is -0.750. The lowest BCUT2D eigenvalue weighted by Crippen LogP contribution is -2.39. The zero-order chi connectivity index (χ0) is 9.56. The van der Waals surface area contributed by atoms with E-state index in [2.05, 4.69) is 0 Å². The Kier molecular flexibility index (Phi) is 5.70. The molecular weight excluding hydrogens is 159 g/mol. The molecule has 1 atom stereocenters. The molecule has 0 bridgehead atoms. The first-order valence-corrected chi connectivity index (χ1v) is 3.88. The molecule has 0 spiro atoms. The van der Waals surface area contributed by atoms with Crippen LogP contribution in [0.2, 0.25) is 0 Å². The van der Waals surface area contributed by atoms with Crippen LogP contribution in [0.4, 0.5) is 0 Å². The molecule has 1 rings (SSSR count). The third kappa shape index (κ3) is 3.70. The molecule has 1 aliphatic heterocycles. The zero-order valence-corrected chi connectivity index (χ0v) is 7.23. The Morgan fingerprint density at radius 2 is 2.17 bits per heavy atom. The topological polar surface area (TPSA) is 86.8 Å². The van der Waals surface area contributed by atoms with E-state index in [0.717, 1.165) is 19.4 Å². The van der Waals surface area contributed by atoms with Crippen molar-refractivity contribution < 1.29 is 14.8 Å². The second-order valence-corrected chi connectivity index (χ2v) is 2.56. The van der Waals surface area contributed by atoms with Gasteiger partial charge in [-0.15, -0.1) is 0 Å². The molecule has 1 heterocycles. The summed E-state index contributed by atoms with van der Waals surface area (Å²) in [6.45, 7) is 2.40. The summed E-state index contributed by atoms with van der Waals surface area (Å²) in [6, 6.07) is 0. The molecule has 70 valence electrons. The van der Waals surface area contributed by atoms with Crippen LogP contribution in [0.15, 0.2) is 0 Å². The van der Waals surface area contributed by atoms with Gasteiger partial charge in [-0.1, -0.05) is 0 Å². The van der Waals surface area contributed by atoms with E-state index in [4.69, 9.17) is 15.8 Å². The second-order valence-electron chi connectivity index (χ2n) is 2.56. The molecule has 1 fully saturated rings. The van der Waals surface area contributed by atoms with Gasteiger partial charge in [0.15, 0.2) is 0 Å². The highest BCUT2D eigenvalue weighted by molar-refractivity contribution is 6.13. The Balaban J connectivity index is 0.000000354. The minimum atomic E-state index is -0.750. The summed E-state index contributed by atoms with van der Waals surface area (Å²) in [4.78, 5) is 12.4. The van der Waals surface area contributed by atoms with E-state index in [1.54, 1.807) is 11.8 Å². The monoisotopic (exact) mass is 174 g/mol. The third-order valence-electron chi connectivity index (χ3n) is 1.70. The van der Waals surface area contributed by atoms with Gasteiger partial charge in [0, 0.05) is 13.5 Å². The Hall–Kier alpha value is -0.585. The van der Waals surface area contributed by atoms with Crippen LogP contribution in [-0.2, 0) is 4.79 Å². The predicted octanol–water partition coefficient (Wildman–Crippen LogP) is -1.85. The molecule has 0 radical (unpaired) electrons. The van der Waals surface area contributed by atoms with Crippen molar-refractivity contribution >= 4 is 13.6 Å². The largest absolute Gasteiger partial charge is 0.432 e. The Morgan fingerprint density at radius 3 is 2.33 bits per heavy atom. The summed E-state index contributed by atoms with van der Waals surface area (Å²) in [5.74, 6) is 0.0972. The first kappa shape index (κ1) is 11.4. The molecule has 1 unspecified atom stereocenters. The first-order chi connectivity index (χ1) is 5.63. The van der Waals surface area contributed by atoms with Gasteiger partial charge in [-0.05, 0) is 12.8 Å². The second kappa shape index (κ2) is 5.99. The summed E-state index contributed by atoms with van der Waals surface area (Å²) < 4.78 is 0. The average Bonchev–Trinajstić information content (AvgIpc) is 2.36. The van der Waals surface area contributed by atoms with Crippen LogP contribution in [0.3, 0.4) is 0 Å². The molecule has 1 saturated heterocycles. The minimum Gasteiger partial charge on any atom is -0.430 e. The van der Waals surface area contributed by atoms with Gasteiger partial charge < -0.3 is 20.7 Å². The number of hydrogen-bond donors (Lipinski definition) is 3.